The summed E-state index contributed by atoms with van der Waals surface area (Å²) in [6, 6.07) is 18.7. The van der Waals surface area contributed by atoms with E-state index in [1.807, 2.05) is 6.07 Å². The molecule has 0 saturated heterocycles. The molecule has 0 atom stereocenters. The maximum Gasteiger partial charge on any atom is 0.280 e. The molecule has 0 spiro atoms. The lowest BCUT2D eigenvalue weighted by Gasteiger charge is -2.07. The highest BCUT2D eigenvalue weighted by Crippen LogP contribution is 2.34. The second-order valence-electron chi connectivity index (χ2n) is 8.57. The van der Waals surface area contributed by atoms with E-state index in [9.17, 15) is 14.9 Å². The molecule has 0 bridgehead atoms. The Morgan fingerprint density at radius 3 is 2.56 bits per heavy atom. The summed E-state index contributed by atoms with van der Waals surface area (Å²) in [5.74, 6) is 1.87. The van der Waals surface area contributed by atoms with Crippen molar-refractivity contribution < 1.29 is 28.0 Å². The number of nitro benzene ring substituents is 1. The van der Waals surface area contributed by atoms with E-state index in [2.05, 4.69) is 10.3 Å². The summed E-state index contributed by atoms with van der Waals surface area (Å²) in [7, 11) is 3.12. The number of hydrogen-bond acceptors (Lipinski definition) is 8. The van der Waals surface area contributed by atoms with E-state index >= 15 is 0 Å². The zero-order valence-corrected chi connectivity index (χ0v) is 21.3. The van der Waals surface area contributed by atoms with Gasteiger partial charge in [-0.2, -0.15) is 0 Å². The molecule has 3 aromatic carbocycles. The van der Waals surface area contributed by atoms with Crippen LogP contribution in [0.5, 0.6) is 11.5 Å². The largest absolute Gasteiger partial charge is 0.493 e. The zero-order chi connectivity index (χ0) is 27.5. The molecule has 0 aliphatic rings. The van der Waals surface area contributed by atoms with Crippen molar-refractivity contribution in [2.24, 2.45) is 0 Å². The summed E-state index contributed by atoms with van der Waals surface area (Å²) in [5.41, 5.74) is 3.46. The molecule has 0 fully saturated rings. The van der Waals surface area contributed by atoms with Crippen LogP contribution in [0.25, 0.3) is 40.0 Å². The van der Waals surface area contributed by atoms with Crippen LogP contribution in [0.4, 0.5) is 11.4 Å². The number of rotatable bonds is 8. The minimum atomic E-state index is -0.448. The Labute approximate surface area is 222 Å². The molecule has 196 valence electrons. The van der Waals surface area contributed by atoms with Gasteiger partial charge in [0, 0.05) is 23.4 Å². The third kappa shape index (κ3) is 5.35. The molecular weight excluding hydrogens is 502 g/mol. The maximum atomic E-state index is 12.5. The molecule has 0 unspecified atom stereocenters. The van der Waals surface area contributed by atoms with Crippen LogP contribution in [-0.4, -0.2) is 30.0 Å². The number of amides is 1. The van der Waals surface area contributed by atoms with E-state index < -0.39 is 10.8 Å². The lowest BCUT2D eigenvalue weighted by molar-refractivity contribution is -0.384. The number of benzene rings is 3. The van der Waals surface area contributed by atoms with Crippen LogP contribution in [0.15, 0.2) is 81.6 Å². The standard InChI is InChI=1S/C29H23N3O7/c1-17-4-9-21(23(14-17)32(34)35)24-12-7-20(38-24)8-13-28(33)30-19-6-11-25-22(16-19)31-29(39-25)18-5-10-26(36-2)27(15-18)37-3/h4-16H,1-3H3,(H,30,33)/b13-8+. The maximum absolute atomic E-state index is 12.5. The number of methoxy groups -OCH3 is 2. The first-order chi connectivity index (χ1) is 18.8. The fraction of sp³-hybridized carbons (Fsp3) is 0.103. The number of carbonyl (C=O) groups is 1. The van der Waals surface area contributed by atoms with Gasteiger partial charge in [0.15, 0.2) is 17.1 Å². The summed E-state index contributed by atoms with van der Waals surface area (Å²) in [4.78, 5) is 28.1. The number of carbonyl (C=O) groups excluding carboxylic acids is 1. The topological polar surface area (TPSA) is 130 Å². The van der Waals surface area contributed by atoms with Crippen molar-refractivity contribution in [2.75, 3.05) is 19.5 Å². The minimum Gasteiger partial charge on any atom is -0.493 e. The molecule has 5 aromatic rings. The molecule has 10 heteroatoms. The van der Waals surface area contributed by atoms with Crippen LogP contribution < -0.4 is 14.8 Å². The fourth-order valence-electron chi connectivity index (χ4n) is 4.03. The Balaban J connectivity index is 1.30. The second kappa shape index (κ2) is 10.5. The first-order valence-corrected chi connectivity index (χ1v) is 11.8. The fourth-order valence-corrected chi connectivity index (χ4v) is 4.03. The number of nitrogens with zero attached hydrogens (tertiary/aromatic N) is 2. The number of aryl methyl sites for hydroxylation is 1. The van der Waals surface area contributed by atoms with E-state index in [1.54, 1.807) is 75.7 Å². The SMILES string of the molecule is COc1ccc(-c2nc3cc(NC(=O)/C=C/c4ccc(-c5ccc(C)cc5[N+](=O)[O-])o4)ccc3o2)cc1OC. The van der Waals surface area contributed by atoms with E-state index in [0.29, 0.717) is 56.8 Å². The van der Waals surface area contributed by atoms with E-state index in [1.165, 1.54) is 18.2 Å². The highest BCUT2D eigenvalue weighted by Gasteiger charge is 2.18. The van der Waals surface area contributed by atoms with Gasteiger partial charge in [0.25, 0.3) is 5.69 Å². The number of oxazole rings is 1. The van der Waals surface area contributed by atoms with Gasteiger partial charge in [-0.15, -0.1) is 0 Å². The van der Waals surface area contributed by atoms with E-state index in [0.717, 1.165) is 5.56 Å². The van der Waals surface area contributed by atoms with Crippen LogP contribution in [0.1, 0.15) is 11.3 Å². The highest BCUT2D eigenvalue weighted by atomic mass is 16.6. The summed E-state index contributed by atoms with van der Waals surface area (Å²) < 4.78 is 22.2. The number of ether oxygens (including phenoxy) is 2. The highest BCUT2D eigenvalue weighted by molar-refractivity contribution is 6.02. The van der Waals surface area contributed by atoms with Crippen molar-refractivity contribution in [1.29, 1.82) is 0 Å². The molecule has 0 aliphatic carbocycles. The van der Waals surface area contributed by atoms with Gasteiger partial charge in [0.2, 0.25) is 11.8 Å². The Morgan fingerprint density at radius 1 is 0.974 bits per heavy atom. The third-order valence-electron chi connectivity index (χ3n) is 5.93. The van der Waals surface area contributed by atoms with Crippen LogP contribution in [0.3, 0.4) is 0 Å². The number of anilines is 1. The molecule has 2 heterocycles. The Morgan fingerprint density at radius 2 is 1.79 bits per heavy atom. The molecule has 10 nitrogen and oxygen atoms in total. The van der Waals surface area contributed by atoms with Crippen LogP contribution >= 0.6 is 0 Å². The lowest BCUT2D eigenvalue weighted by atomic mass is 10.1. The molecule has 1 amide bonds. The minimum absolute atomic E-state index is 0.0462. The van der Waals surface area contributed by atoms with Crippen molar-refractivity contribution in [1.82, 2.24) is 4.98 Å². The predicted molar refractivity (Wildman–Crippen MR) is 146 cm³/mol. The van der Waals surface area contributed by atoms with E-state index in [4.69, 9.17) is 18.3 Å². The van der Waals surface area contributed by atoms with Gasteiger partial charge in [-0.3, -0.25) is 14.9 Å². The van der Waals surface area contributed by atoms with Gasteiger partial charge >= 0.3 is 0 Å². The van der Waals surface area contributed by atoms with E-state index in [-0.39, 0.29) is 5.69 Å². The van der Waals surface area contributed by atoms with Crippen molar-refractivity contribution in [2.45, 2.75) is 6.92 Å². The number of nitrogens with one attached hydrogen (secondary N) is 1. The number of hydrogen-bond donors (Lipinski definition) is 1. The van der Waals surface area contributed by atoms with Crippen LogP contribution in [0, 0.1) is 17.0 Å². The second-order valence-corrected chi connectivity index (χ2v) is 8.57. The van der Waals surface area contributed by atoms with Crippen LogP contribution in [-0.2, 0) is 4.79 Å². The third-order valence-corrected chi connectivity index (χ3v) is 5.93. The summed E-state index contributed by atoms with van der Waals surface area (Å²) >= 11 is 0. The molecular formula is C29H23N3O7. The average molecular weight is 526 g/mol. The Bertz CT molecular complexity index is 1730. The zero-order valence-electron chi connectivity index (χ0n) is 21.3. The van der Waals surface area contributed by atoms with Gasteiger partial charge in [0.1, 0.15) is 17.0 Å². The van der Waals surface area contributed by atoms with Gasteiger partial charge in [0.05, 0.1) is 24.7 Å². The normalized spacial score (nSPS) is 11.2. The van der Waals surface area contributed by atoms with Crippen LogP contribution in [0.2, 0.25) is 0 Å². The number of nitro groups is 1. The number of aromatic nitrogens is 1. The summed E-state index contributed by atoms with van der Waals surface area (Å²) in [6.07, 6.45) is 2.80. The van der Waals surface area contributed by atoms with Crippen molar-refractivity contribution >= 4 is 34.5 Å². The molecule has 0 aliphatic heterocycles. The van der Waals surface area contributed by atoms with Gasteiger partial charge in [-0.1, -0.05) is 6.07 Å². The summed E-state index contributed by atoms with van der Waals surface area (Å²) in [5, 5.41) is 14.2. The molecule has 2 aromatic heterocycles. The monoisotopic (exact) mass is 525 g/mol. The average Bonchev–Trinajstić information content (AvgIpc) is 3.58. The first kappa shape index (κ1) is 25.3. The molecule has 5 rings (SSSR count). The van der Waals surface area contributed by atoms with Gasteiger partial charge < -0.3 is 23.6 Å². The number of furan rings is 1. The molecule has 39 heavy (non-hydrogen) atoms. The summed E-state index contributed by atoms with van der Waals surface area (Å²) in [6.45, 7) is 1.78. The van der Waals surface area contributed by atoms with Gasteiger partial charge in [-0.05, 0) is 73.2 Å². The Hall–Kier alpha value is -5.38. The lowest BCUT2D eigenvalue weighted by Crippen LogP contribution is -2.07. The van der Waals surface area contributed by atoms with Crippen molar-refractivity contribution in [3.05, 3.63) is 94.2 Å². The number of fused-ring (bicyclic) bond motifs is 1. The van der Waals surface area contributed by atoms with Crippen molar-refractivity contribution in [3.63, 3.8) is 0 Å². The first-order valence-electron chi connectivity index (χ1n) is 11.8. The molecule has 1 N–H and O–H groups in total. The predicted octanol–water partition coefficient (Wildman–Crippen LogP) is 6.64. The molecule has 0 radical (unpaired) electrons. The Kier molecular flexibility index (Phi) is 6.83. The quantitative estimate of drug-likeness (QED) is 0.136. The molecule has 0 saturated carbocycles. The van der Waals surface area contributed by atoms with Gasteiger partial charge in [-0.25, -0.2) is 4.98 Å². The smallest absolute Gasteiger partial charge is 0.280 e. The van der Waals surface area contributed by atoms with Crippen molar-refractivity contribution in [3.8, 4) is 34.3 Å².